The molecule has 4 nitrogen and oxygen atoms in total. The summed E-state index contributed by atoms with van der Waals surface area (Å²) >= 11 is 1.68. The molecular formula is C18H19N3OS. The molecule has 2 heterocycles. The summed E-state index contributed by atoms with van der Waals surface area (Å²) in [5.74, 6) is 0.696. The van der Waals surface area contributed by atoms with E-state index in [1.54, 1.807) is 11.3 Å². The van der Waals surface area contributed by atoms with Gasteiger partial charge in [0, 0.05) is 10.6 Å². The van der Waals surface area contributed by atoms with Gasteiger partial charge in [0.2, 0.25) is 0 Å². The maximum absolute atomic E-state index is 12.4. The first kappa shape index (κ1) is 14.5. The van der Waals surface area contributed by atoms with Gasteiger partial charge in [-0.2, -0.15) is 0 Å². The van der Waals surface area contributed by atoms with E-state index in [1.165, 1.54) is 21.6 Å². The number of fused-ring (bicyclic) bond motifs is 3. The first-order valence-electron chi connectivity index (χ1n) is 7.96. The van der Waals surface area contributed by atoms with Crippen molar-refractivity contribution in [2.45, 2.75) is 39.7 Å². The molecule has 0 unspecified atom stereocenters. The molecule has 23 heavy (non-hydrogen) atoms. The summed E-state index contributed by atoms with van der Waals surface area (Å²) in [5, 5.41) is 4.17. The van der Waals surface area contributed by atoms with Crippen molar-refractivity contribution in [1.82, 2.24) is 9.97 Å². The van der Waals surface area contributed by atoms with Gasteiger partial charge in [0.25, 0.3) is 5.56 Å². The molecule has 0 spiro atoms. The van der Waals surface area contributed by atoms with Crippen LogP contribution < -0.4 is 10.9 Å². The van der Waals surface area contributed by atoms with Crippen LogP contribution in [0, 0.1) is 13.8 Å². The molecule has 3 aromatic rings. The van der Waals surface area contributed by atoms with Crippen LogP contribution in [-0.4, -0.2) is 9.97 Å². The fraction of sp³-hybridized carbons (Fsp3) is 0.333. The summed E-state index contributed by atoms with van der Waals surface area (Å²) in [6.45, 7) is 4.69. The fourth-order valence-electron chi connectivity index (χ4n) is 3.39. The third-order valence-corrected chi connectivity index (χ3v) is 5.49. The van der Waals surface area contributed by atoms with Crippen LogP contribution in [0.2, 0.25) is 0 Å². The van der Waals surface area contributed by atoms with Crippen molar-refractivity contribution in [3.63, 3.8) is 0 Å². The van der Waals surface area contributed by atoms with Crippen LogP contribution in [0.3, 0.4) is 0 Å². The van der Waals surface area contributed by atoms with Crippen LogP contribution in [0.15, 0.2) is 23.0 Å². The number of H-pyrrole nitrogens is 1. The predicted octanol–water partition coefficient (Wildman–Crippen LogP) is 3.70. The minimum atomic E-state index is 0.00613. The number of benzene rings is 1. The lowest BCUT2D eigenvalue weighted by atomic mass is 10.1. The summed E-state index contributed by atoms with van der Waals surface area (Å²) in [4.78, 5) is 22.3. The second-order valence-corrected chi connectivity index (χ2v) is 7.36. The lowest BCUT2D eigenvalue weighted by Gasteiger charge is -2.08. The van der Waals surface area contributed by atoms with Crippen molar-refractivity contribution in [2.24, 2.45) is 0 Å². The average Bonchev–Trinajstić information content (AvgIpc) is 3.04. The Balaban J connectivity index is 1.63. The van der Waals surface area contributed by atoms with E-state index in [0.717, 1.165) is 35.2 Å². The summed E-state index contributed by atoms with van der Waals surface area (Å²) in [6.07, 6.45) is 3.26. The van der Waals surface area contributed by atoms with Crippen LogP contribution in [0.5, 0.6) is 0 Å². The highest BCUT2D eigenvalue weighted by Crippen LogP contribution is 2.34. The molecule has 118 valence electrons. The normalized spacial score (nSPS) is 13.5. The van der Waals surface area contributed by atoms with Gasteiger partial charge in [-0.1, -0.05) is 6.07 Å². The van der Waals surface area contributed by atoms with E-state index in [1.807, 2.05) is 0 Å². The second kappa shape index (κ2) is 5.49. The highest BCUT2D eigenvalue weighted by molar-refractivity contribution is 7.18. The number of aromatic nitrogens is 2. The van der Waals surface area contributed by atoms with Crippen LogP contribution >= 0.6 is 11.3 Å². The fourth-order valence-corrected chi connectivity index (χ4v) is 4.67. The Labute approximate surface area is 138 Å². The standard InChI is InChI=1S/C18H19N3OS/c1-10-6-11(2)8-12(7-10)19-9-15-20-17(22)16-13-4-3-5-14(13)23-18(16)21-15/h6-8,19H,3-5,9H2,1-2H3,(H,20,21,22). The molecule has 1 aliphatic rings. The van der Waals surface area contributed by atoms with Crippen molar-refractivity contribution in [3.8, 4) is 0 Å². The van der Waals surface area contributed by atoms with E-state index in [0.29, 0.717) is 12.4 Å². The van der Waals surface area contributed by atoms with E-state index < -0.39 is 0 Å². The molecule has 0 atom stereocenters. The van der Waals surface area contributed by atoms with Crippen molar-refractivity contribution < 1.29 is 0 Å². The molecule has 0 fully saturated rings. The van der Waals surface area contributed by atoms with Crippen LogP contribution in [0.1, 0.15) is 33.8 Å². The number of nitrogens with zero attached hydrogens (tertiary/aromatic N) is 1. The Morgan fingerprint density at radius 3 is 2.78 bits per heavy atom. The van der Waals surface area contributed by atoms with Gasteiger partial charge in [-0.15, -0.1) is 11.3 Å². The molecule has 0 saturated carbocycles. The van der Waals surface area contributed by atoms with Crippen molar-refractivity contribution in [2.75, 3.05) is 5.32 Å². The number of rotatable bonds is 3. The highest BCUT2D eigenvalue weighted by atomic mass is 32.1. The molecule has 4 rings (SSSR count). The van der Waals surface area contributed by atoms with Crippen molar-refractivity contribution in [3.05, 3.63) is 55.9 Å². The number of aromatic amines is 1. The zero-order chi connectivity index (χ0) is 16.0. The molecule has 2 aromatic heterocycles. The molecule has 0 saturated heterocycles. The summed E-state index contributed by atoms with van der Waals surface area (Å²) < 4.78 is 0. The van der Waals surface area contributed by atoms with Gasteiger partial charge in [0.05, 0.1) is 11.9 Å². The Morgan fingerprint density at radius 1 is 1.22 bits per heavy atom. The maximum atomic E-state index is 12.4. The molecule has 0 bridgehead atoms. The molecule has 2 N–H and O–H groups in total. The smallest absolute Gasteiger partial charge is 0.259 e. The Kier molecular flexibility index (Phi) is 3.45. The number of thiophene rings is 1. The number of aryl methyl sites for hydroxylation is 4. The molecule has 5 heteroatoms. The molecule has 0 radical (unpaired) electrons. The van der Waals surface area contributed by atoms with Crippen molar-refractivity contribution in [1.29, 1.82) is 0 Å². The summed E-state index contributed by atoms with van der Waals surface area (Å²) in [6, 6.07) is 6.34. The molecule has 1 aromatic carbocycles. The van der Waals surface area contributed by atoms with Crippen LogP contribution in [-0.2, 0) is 19.4 Å². The number of nitrogens with one attached hydrogen (secondary N) is 2. The first-order valence-corrected chi connectivity index (χ1v) is 8.77. The number of hydrogen-bond donors (Lipinski definition) is 2. The zero-order valence-electron chi connectivity index (χ0n) is 13.3. The van der Waals surface area contributed by atoms with E-state index >= 15 is 0 Å². The molecular weight excluding hydrogens is 306 g/mol. The van der Waals surface area contributed by atoms with Gasteiger partial charge in [-0.05, 0) is 61.9 Å². The van der Waals surface area contributed by atoms with Gasteiger partial charge < -0.3 is 10.3 Å². The Bertz CT molecular complexity index is 935. The van der Waals surface area contributed by atoms with Gasteiger partial charge in [0.15, 0.2) is 0 Å². The maximum Gasteiger partial charge on any atom is 0.259 e. The van der Waals surface area contributed by atoms with Gasteiger partial charge >= 0.3 is 0 Å². The monoisotopic (exact) mass is 325 g/mol. The van der Waals surface area contributed by atoms with Crippen LogP contribution in [0.4, 0.5) is 5.69 Å². The number of anilines is 1. The first-order chi connectivity index (χ1) is 11.1. The van der Waals surface area contributed by atoms with Gasteiger partial charge in [0.1, 0.15) is 10.7 Å². The van der Waals surface area contributed by atoms with Gasteiger partial charge in [-0.3, -0.25) is 4.79 Å². The van der Waals surface area contributed by atoms with E-state index in [-0.39, 0.29) is 5.56 Å². The van der Waals surface area contributed by atoms with Crippen molar-refractivity contribution >= 4 is 27.2 Å². The van der Waals surface area contributed by atoms with E-state index in [9.17, 15) is 4.79 Å². The third-order valence-electron chi connectivity index (χ3n) is 4.31. The molecule has 0 aliphatic heterocycles. The lowest BCUT2D eigenvalue weighted by Crippen LogP contribution is -2.14. The molecule has 0 amide bonds. The SMILES string of the molecule is Cc1cc(C)cc(NCc2nc3sc4c(c3c(=O)[nH]2)CCC4)c1. The van der Waals surface area contributed by atoms with Gasteiger partial charge in [-0.25, -0.2) is 4.98 Å². The predicted molar refractivity (Wildman–Crippen MR) is 95.5 cm³/mol. The minimum Gasteiger partial charge on any atom is -0.378 e. The quantitative estimate of drug-likeness (QED) is 0.772. The average molecular weight is 325 g/mol. The second-order valence-electron chi connectivity index (χ2n) is 6.28. The van der Waals surface area contributed by atoms with Crippen LogP contribution in [0.25, 0.3) is 10.2 Å². The minimum absolute atomic E-state index is 0.00613. The molecule has 1 aliphatic carbocycles. The third kappa shape index (κ3) is 2.65. The van der Waals surface area contributed by atoms with E-state index in [2.05, 4.69) is 47.3 Å². The topological polar surface area (TPSA) is 57.8 Å². The van der Waals surface area contributed by atoms with E-state index in [4.69, 9.17) is 0 Å². The summed E-state index contributed by atoms with van der Waals surface area (Å²) in [5.41, 5.74) is 4.73. The highest BCUT2D eigenvalue weighted by Gasteiger charge is 2.20. The Morgan fingerprint density at radius 2 is 2.00 bits per heavy atom. The Hall–Kier alpha value is -2.14. The zero-order valence-corrected chi connectivity index (χ0v) is 14.1. The lowest BCUT2D eigenvalue weighted by molar-refractivity contribution is 0.913. The largest absolute Gasteiger partial charge is 0.378 e. The summed E-state index contributed by atoms with van der Waals surface area (Å²) in [7, 11) is 0. The number of hydrogen-bond acceptors (Lipinski definition) is 4.